The first kappa shape index (κ1) is 20.7. The highest BCUT2D eigenvalue weighted by Gasteiger charge is 2.62. The normalized spacial score (nSPS) is 51.7. The third-order valence-electron chi connectivity index (χ3n) is 10.3. The van der Waals surface area contributed by atoms with Gasteiger partial charge in [-0.05, 0) is 104 Å². The zero-order chi connectivity index (χ0) is 20.3. The largest absolute Gasteiger partial charge is 0.393 e. The van der Waals surface area contributed by atoms with E-state index < -0.39 is 0 Å². The third-order valence-corrected chi connectivity index (χ3v) is 10.3. The molecule has 160 valence electrons. The molecular weight excluding hydrogens is 350 g/mol. The molecule has 4 fully saturated rings. The van der Waals surface area contributed by atoms with Crippen LogP contribution in [-0.4, -0.2) is 28.3 Å². The first-order valence-electron chi connectivity index (χ1n) is 11.8. The second-order valence-corrected chi connectivity index (χ2v) is 11.4. The van der Waals surface area contributed by atoms with E-state index in [2.05, 4.69) is 20.8 Å². The highest BCUT2D eigenvalue weighted by Crippen LogP contribution is 2.68. The molecule has 4 rings (SSSR count). The van der Waals surface area contributed by atoms with Gasteiger partial charge in [0.2, 0.25) is 5.91 Å². The molecule has 0 heterocycles. The van der Waals surface area contributed by atoms with Crippen LogP contribution >= 0.6 is 0 Å². The molecule has 0 radical (unpaired) electrons. The van der Waals surface area contributed by atoms with Crippen molar-refractivity contribution in [3.05, 3.63) is 0 Å². The number of carbonyl (C=O) groups excluding carboxylic acids is 1. The molecule has 8 unspecified atom stereocenters. The number of aliphatic hydroxyl groups is 2. The summed E-state index contributed by atoms with van der Waals surface area (Å²) >= 11 is 0. The number of carbonyl (C=O) groups is 1. The number of fused-ring (bicyclic) bond motifs is 5. The molecule has 0 bridgehead atoms. The minimum atomic E-state index is -0.255. The Balaban J connectivity index is 1.55. The van der Waals surface area contributed by atoms with E-state index in [1.807, 2.05) is 0 Å². The molecule has 0 aromatic rings. The molecule has 0 saturated heterocycles. The average Bonchev–Trinajstić information content (AvgIpc) is 2.99. The number of hydrogen-bond acceptors (Lipinski definition) is 3. The molecule has 10 atom stereocenters. The van der Waals surface area contributed by atoms with Gasteiger partial charge in [0, 0.05) is 6.42 Å². The number of amides is 1. The summed E-state index contributed by atoms with van der Waals surface area (Å²) < 4.78 is 0. The lowest BCUT2D eigenvalue weighted by Gasteiger charge is -2.62. The molecule has 0 spiro atoms. The van der Waals surface area contributed by atoms with Crippen LogP contribution in [0.25, 0.3) is 0 Å². The summed E-state index contributed by atoms with van der Waals surface area (Å²) in [6, 6.07) is 0. The van der Waals surface area contributed by atoms with Crippen molar-refractivity contribution in [2.24, 2.45) is 52.1 Å². The van der Waals surface area contributed by atoms with E-state index in [0.717, 1.165) is 32.1 Å². The van der Waals surface area contributed by atoms with Crippen molar-refractivity contribution in [3.8, 4) is 0 Å². The Hall–Kier alpha value is -0.610. The lowest BCUT2D eigenvalue weighted by atomic mass is 9.44. The van der Waals surface area contributed by atoms with Crippen molar-refractivity contribution in [1.29, 1.82) is 0 Å². The zero-order valence-electron chi connectivity index (χ0n) is 18.1. The van der Waals surface area contributed by atoms with Crippen LogP contribution in [0.2, 0.25) is 0 Å². The van der Waals surface area contributed by atoms with E-state index >= 15 is 0 Å². The molecule has 4 heteroatoms. The van der Waals surface area contributed by atoms with Gasteiger partial charge >= 0.3 is 0 Å². The summed E-state index contributed by atoms with van der Waals surface area (Å²) in [5, 5.41) is 21.3. The van der Waals surface area contributed by atoms with Crippen molar-refractivity contribution in [2.75, 3.05) is 0 Å². The Kier molecular flexibility index (Phi) is 5.36. The first-order chi connectivity index (χ1) is 13.2. The van der Waals surface area contributed by atoms with Crippen molar-refractivity contribution < 1.29 is 15.0 Å². The van der Waals surface area contributed by atoms with Crippen molar-refractivity contribution in [1.82, 2.24) is 0 Å². The molecule has 0 aromatic heterocycles. The van der Waals surface area contributed by atoms with Crippen LogP contribution in [0, 0.1) is 46.3 Å². The predicted molar refractivity (Wildman–Crippen MR) is 110 cm³/mol. The van der Waals surface area contributed by atoms with Gasteiger partial charge in [0.1, 0.15) is 0 Å². The Bertz CT molecular complexity index is 609. The van der Waals surface area contributed by atoms with Crippen LogP contribution in [0.4, 0.5) is 0 Å². The third kappa shape index (κ3) is 3.14. The molecule has 1 amide bonds. The quantitative estimate of drug-likeness (QED) is 0.680. The van der Waals surface area contributed by atoms with E-state index in [1.54, 1.807) is 0 Å². The molecular formula is C24H41NO3. The molecule has 4 aliphatic rings. The van der Waals surface area contributed by atoms with Crippen LogP contribution in [0.1, 0.15) is 85.0 Å². The van der Waals surface area contributed by atoms with Gasteiger partial charge in [-0.3, -0.25) is 4.79 Å². The Morgan fingerprint density at radius 1 is 1.00 bits per heavy atom. The molecule has 0 aromatic carbocycles. The summed E-state index contributed by atoms with van der Waals surface area (Å²) in [5.41, 5.74) is 5.94. The van der Waals surface area contributed by atoms with E-state index in [4.69, 9.17) is 5.73 Å². The number of hydrogen-bond donors (Lipinski definition) is 3. The van der Waals surface area contributed by atoms with E-state index in [1.165, 1.54) is 25.7 Å². The van der Waals surface area contributed by atoms with Gasteiger partial charge in [-0.2, -0.15) is 0 Å². The van der Waals surface area contributed by atoms with Gasteiger partial charge in [-0.1, -0.05) is 20.8 Å². The van der Waals surface area contributed by atoms with Gasteiger partial charge in [-0.15, -0.1) is 0 Å². The zero-order valence-corrected chi connectivity index (χ0v) is 18.1. The number of nitrogens with two attached hydrogens (primary N) is 1. The fraction of sp³-hybridized carbons (Fsp3) is 0.958. The Labute approximate surface area is 170 Å². The molecule has 4 nitrogen and oxygen atoms in total. The maximum absolute atomic E-state index is 11.3. The smallest absolute Gasteiger partial charge is 0.217 e. The van der Waals surface area contributed by atoms with Gasteiger partial charge in [-0.25, -0.2) is 0 Å². The molecule has 0 aliphatic heterocycles. The molecule has 28 heavy (non-hydrogen) atoms. The highest BCUT2D eigenvalue weighted by atomic mass is 16.3. The Morgan fingerprint density at radius 2 is 1.68 bits per heavy atom. The molecule has 4 aliphatic carbocycles. The van der Waals surface area contributed by atoms with Crippen LogP contribution in [0.3, 0.4) is 0 Å². The summed E-state index contributed by atoms with van der Waals surface area (Å²) in [7, 11) is 0. The predicted octanol–water partition coefficient (Wildman–Crippen LogP) is 3.88. The van der Waals surface area contributed by atoms with Crippen LogP contribution in [0.5, 0.6) is 0 Å². The molecule has 4 N–H and O–H groups in total. The van der Waals surface area contributed by atoms with E-state index in [-0.39, 0.29) is 29.4 Å². The van der Waals surface area contributed by atoms with Gasteiger partial charge in [0.25, 0.3) is 0 Å². The van der Waals surface area contributed by atoms with Gasteiger partial charge in [0.05, 0.1) is 12.2 Å². The minimum absolute atomic E-state index is 0.177. The number of primary amides is 1. The monoisotopic (exact) mass is 391 g/mol. The minimum Gasteiger partial charge on any atom is -0.393 e. The lowest BCUT2D eigenvalue weighted by molar-refractivity contribution is -0.172. The fourth-order valence-corrected chi connectivity index (χ4v) is 8.82. The second kappa shape index (κ2) is 7.27. The SMILES string of the molecule is CC(CCC(N)=O)C1CCC2C3C[C@H](O)C4C[C@H](O)CCC4(C)C3CCC12C. The first-order valence-corrected chi connectivity index (χ1v) is 11.8. The summed E-state index contributed by atoms with van der Waals surface area (Å²) in [6.07, 6.45) is 9.72. The maximum Gasteiger partial charge on any atom is 0.217 e. The van der Waals surface area contributed by atoms with Crippen molar-refractivity contribution in [3.63, 3.8) is 0 Å². The highest BCUT2D eigenvalue weighted by molar-refractivity contribution is 5.73. The van der Waals surface area contributed by atoms with Crippen LogP contribution in [-0.2, 0) is 4.79 Å². The topological polar surface area (TPSA) is 83.6 Å². The van der Waals surface area contributed by atoms with Gasteiger partial charge in [0.15, 0.2) is 0 Å². The lowest BCUT2D eigenvalue weighted by Crippen LogP contribution is -2.58. The standard InChI is InChI=1S/C24H41NO3/c1-14(4-7-22(25)28)17-5-6-18-16-13-21(27)20-12-15(26)8-10-24(20,3)19(16)9-11-23(17,18)2/h14-21,26-27H,4-13H2,1-3H3,(H2,25,28)/t14?,15-,16?,17?,18?,19?,20?,21+,23?,24?/m1/s1. The Morgan fingerprint density at radius 3 is 2.39 bits per heavy atom. The van der Waals surface area contributed by atoms with E-state index in [9.17, 15) is 15.0 Å². The summed E-state index contributed by atoms with van der Waals surface area (Å²) in [6.45, 7) is 7.26. The second-order valence-electron chi connectivity index (χ2n) is 11.4. The average molecular weight is 392 g/mol. The van der Waals surface area contributed by atoms with E-state index in [0.29, 0.717) is 41.4 Å². The maximum atomic E-state index is 11.3. The number of aliphatic hydroxyl groups excluding tert-OH is 2. The fourth-order valence-electron chi connectivity index (χ4n) is 8.82. The summed E-state index contributed by atoms with van der Waals surface area (Å²) in [4.78, 5) is 11.3. The van der Waals surface area contributed by atoms with Gasteiger partial charge < -0.3 is 15.9 Å². The van der Waals surface area contributed by atoms with Crippen LogP contribution in [0.15, 0.2) is 0 Å². The van der Waals surface area contributed by atoms with Crippen molar-refractivity contribution >= 4 is 5.91 Å². The van der Waals surface area contributed by atoms with Crippen LogP contribution < -0.4 is 5.73 Å². The number of rotatable bonds is 4. The van der Waals surface area contributed by atoms with Crippen molar-refractivity contribution in [2.45, 2.75) is 97.2 Å². The summed E-state index contributed by atoms with van der Waals surface area (Å²) in [5.74, 6) is 3.34. The molecule has 4 saturated carbocycles.